The van der Waals surface area contributed by atoms with Crippen LogP contribution in [-0.2, 0) is 10.7 Å². The average molecular weight is 300 g/mol. The van der Waals surface area contributed by atoms with Gasteiger partial charge in [-0.2, -0.15) is 0 Å². The van der Waals surface area contributed by atoms with Gasteiger partial charge in [0.15, 0.2) is 0 Å². The first-order valence-corrected chi connectivity index (χ1v) is 8.16. The van der Waals surface area contributed by atoms with E-state index in [1.807, 2.05) is 5.38 Å². The summed E-state index contributed by atoms with van der Waals surface area (Å²) in [6.45, 7) is 4.01. The molecule has 2 saturated heterocycles. The molecule has 3 rings (SSSR count). The van der Waals surface area contributed by atoms with E-state index in [1.165, 1.54) is 0 Å². The minimum absolute atomic E-state index is 0.170. The Kier molecular flexibility index (Phi) is 3.78. The van der Waals surface area contributed by atoms with Gasteiger partial charge in [0.05, 0.1) is 23.5 Å². The third-order valence-electron chi connectivity index (χ3n) is 4.21. The quantitative estimate of drug-likeness (QED) is 0.870. The van der Waals surface area contributed by atoms with Crippen molar-refractivity contribution in [1.82, 2.24) is 15.2 Å². The maximum Gasteiger partial charge on any atom is 0.224 e. The molecule has 1 aromatic rings. The zero-order chi connectivity index (χ0) is 13.4. The number of nitrogens with zero attached hydrogens (tertiary/aromatic N) is 2. The van der Waals surface area contributed by atoms with Gasteiger partial charge in [0.25, 0.3) is 0 Å². The molecule has 1 N–H and O–H groups in total. The predicted molar refractivity (Wildman–Crippen MR) is 76.3 cm³/mol. The van der Waals surface area contributed by atoms with Gasteiger partial charge in [0.1, 0.15) is 5.01 Å². The highest BCUT2D eigenvalue weighted by molar-refractivity contribution is 7.09. The third-order valence-corrected chi connectivity index (χ3v) is 5.54. The van der Waals surface area contributed by atoms with E-state index >= 15 is 0 Å². The van der Waals surface area contributed by atoms with Crippen LogP contribution in [0.15, 0.2) is 5.38 Å². The van der Waals surface area contributed by atoms with E-state index in [0.717, 1.165) is 36.6 Å². The Balaban J connectivity index is 1.78. The summed E-state index contributed by atoms with van der Waals surface area (Å²) in [5, 5.41) is 6.13. The molecule has 2 aliphatic heterocycles. The van der Waals surface area contributed by atoms with Crippen LogP contribution in [0, 0.1) is 5.92 Å². The van der Waals surface area contributed by atoms with Crippen LogP contribution in [0.1, 0.15) is 36.5 Å². The summed E-state index contributed by atoms with van der Waals surface area (Å²) in [6.07, 6.45) is 2.11. The molecule has 0 radical (unpaired) electrons. The lowest BCUT2D eigenvalue weighted by Gasteiger charge is -2.39. The van der Waals surface area contributed by atoms with Crippen molar-refractivity contribution in [3.63, 3.8) is 0 Å². The van der Waals surface area contributed by atoms with E-state index in [1.54, 1.807) is 11.3 Å². The second kappa shape index (κ2) is 5.38. The van der Waals surface area contributed by atoms with E-state index in [9.17, 15) is 4.79 Å². The van der Waals surface area contributed by atoms with Gasteiger partial charge < -0.3 is 5.32 Å². The van der Waals surface area contributed by atoms with Crippen LogP contribution in [0.4, 0.5) is 0 Å². The number of thiazole rings is 1. The van der Waals surface area contributed by atoms with Crippen LogP contribution in [0.25, 0.3) is 0 Å². The average Bonchev–Trinajstić information content (AvgIpc) is 3.05. The SMILES string of the molecule is CC(c1nc(CCl)cs1)N1CCCC2C(=O)NCC21. The molecule has 0 aromatic carbocycles. The molecule has 3 atom stereocenters. The Morgan fingerprint density at radius 1 is 1.68 bits per heavy atom. The number of piperidine rings is 1. The third kappa shape index (κ3) is 2.39. The fourth-order valence-corrected chi connectivity index (χ4v) is 4.31. The van der Waals surface area contributed by atoms with Gasteiger partial charge in [-0.3, -0.25) is 9.69 Å². The summed E-state index contributed by atoms with van der Waals surface area (Å²) in [5.41, 5.74) is 0.947. The number of nitrogens with one attached hydrogen (secondary N) is 1. The highest BCUT2D eigenvalue weighted by Crippen LogP contribution is 2.34. The zero-order valence-corrected chi connectivity index (χ0v) is 12.5. The number of hydrogen-bond donors (Lipinski definition) is 1. The number of rotatable bonds is 3. The zero-order valence-electron chi connectivity index (χ0n) is 10.9. The van der Waals surface area contributed by atoms with Crippen LogP contribution in [0.5, 0.6) is 0 Å². The van der Waals surface area contributed by atoms with Crippen molar-refractivity contribution >= 4 is 28.8 Å². The Labute approximate surface area is 122 Å². The Morgan fingerprint density at radius 2 is 2.53 bits per heavy atom. The molecule has 19 heavy (non-hydrogen) atoms. The number of alkyl halides is 1. The Bertz CT molecular complexity index is 478. The summed E-state index contributed by atoms with van der Waals surface area (Å²) < 4.78 is 0. The molecule has 3 unspecified atom stereocenters. The first-order chi connectivity index (χ1) is 9.20. The molecule has 0 bridgehead atoms. The first kappa shape index (κ1) is 13.3. The predicted octanol–water partition coefficient (Wildman–Crippen LogP) is 2.15. The van der Waals surface area contributed by atoms with Crippen LogP contribution in [-0.4, -0.2) is 34.9 Å². The van der Waals surface area contributed by atoms with Gasteiger partial charge in [-0.25, -0.2) is 4.98 Å². The number of amides is 1. The number of halogens is 1. The number of hydrogen-bond acceptors (Lipinski definition) is 4. The topological polar surface area (TPSA) is 45.2 Å². The van der Waals surface area contributed by atoms with Gasteiger partial charge in [-0.1, -0.05) is 0 Å². The van der Waals surface area contributed by atoms with E-state index < -0.39 is 0 Å². The van der Waals surface area contributed by atoms with Gasteiger partial charge in [-0.05, 0) is 26.3 Å². The maximum atomic E-state index is 11.8. The molecule has 1 amide bonds. The molecule has 0 aliphatic carbocycles. The highest BCUT2D eigenvalue weighted by atomic mass is 35.5. The van der Waals surface area contributed by atoms with Crippen LogP contribution < -0.4 is 5.32 Å². The normalized spacial score (nSPS) is 29.1. The molecule has 0 spiro atoms. The van der Waals surface area contributed by atoms with Crippen LogP contribution in [0.3, 0.4) is 0 Å². The number of carbonyl (C=O) groups is 1. The molecule has 4 nitrogen and oxygen atoms in total. The lowest BCUT2D eigenvalue weighted by molar-refractivity contribution is -0.124. The van der Waals surface area contributed by atoms with E-state index in [2.05, 4.69) is 22.1 Å². The lowest BCUT2D eigenvalue weighted by Crippen LogP contribution is -2.46. The summed E-state index contributed by atoms with van der Waals surface area (Å²) in [4.78, 5) is 18.8. The first-order valence-electron chi connectivity index (χ1n) is 6.74. The van der Waals surface area contributed by atoms with Crippen molar-refractivity contribution in [3.8, 4) is 0 Å². The summed E-state index contributed by atoms with van der Waals surface area (Å²) in [7, 11) is 0. The van der Waals surface area contributed by atoms with E-state index in [0.29, 0.717) is 11.9 Å². The van der Waals surface area contributed by atoms with E-state index in [-0.39, 0.29) is 17.9 Å². The Morgan fingerprint density at radius 3 is 3.26 bits per heavy atom. The van der Waals surface area contributed by atoms with Crippen molar-refractivity contribution in [2.24, 2.45) is 5.92 Å². The largest absolute Gasteiger partial charge is 0.354 e. The molecule has 2 aliphatic rings. The number of aromatic nitrogens is 1. The molecule has 104 valence electrons. The molecule has 6 heteroatoms. The van der Waals surface area contributed by atoms with Gasteiger partial charge in [0, 0.05) is 18.0 Å². The Hall–Kier alpha value is -0.650. The minimum atomic E-state index is 0.170. The summed E-state index contributed by atoms with van der Waals surface area (Å²) >= 11 is 7.48. The second-order valence-corrected chi connectivity index (χ2v) is 6.44. The molecule has 2 fully saturated rings. The molecule has 1 aromatic heterocycles. The summed E-state index contributed by atoms with van der Waals surface area (Å²) in [6, 6.07) is 0.599. The second-order valence-electron chi connectivity index (χ2n) is 5.29. The van der Waals surface area contributed by atoms with Gasteiger partial charge in [0.2, 0.25) is 5.91 Å². The standard InChI is InChI=1S/C13H18ClN3OS/c1-8(13-16-9(5-14)7-19-13)17-4-2-3-10-11(17)6-15-12(10)18/h7-8,10-11H,2-6H2,1H3,(H,15,18). The van der Waals surface area contributed by atoms with Gasteiger partial charge in [-0.15, -0.1) is 22.9 Å². The minimum Gasteiger partial charge on any atom is -0.354 e. The molecule has 0 saturated carbocycles. The number of fused-ring (bicyclic) bond motifs is 1. The number of carbonyl (C=O) groups excluding carboxylic acids is 1. The van der Waals surface area contributed by atoms with Crippen molar-refractivity contribution in [1.29, 1.82) is 0 Å². The molecular formula is C13H18ClN3OS. The highest BCUT2D eigenvalue weighted by Gasteiger charge is 2.42. The lowest BCUT2D eigenvalue weighted by atomic mass is 9.90. The van der Waals surface area contributed by atoms with Crippen LogP contribution >= 0.6 is 22.9 Å². The van der Waals surface area contributed by atoms with E-state index in [4.69, 9.17) is 11.6 Å². The van der Waals surface area contributed by atoms with Gasteiger partial charge >= 0.3 is 0 Å². The van der Waals surface area contributed by atoms with Crippen molar-refractivity contribution in [2.75, 3.05) is 13.1 Å². The van der Waals surface area contributed by atoms with Crippen LogP contribution in [0.2, 0.25) is 0 Å². The molecular weight excluding hydrogens is 282 g/mol. The number of likely N-dealkylation sites (tertiary alicyclic amines) is 1. The molecule has 3 heterocycles. The monoisotopic (exact) mass is 299 g/mol. The fourth-order valence-electron chi connectivity index (χ4n) is 3.18. The fraction of sp³-hybridized carbons (Fsp3) is 0.692. The maximum absolute atomic E-state index is 11.8. The van der Waals surface area contributed by atoms with Crippen molar-refractivity contribution < 1.29 is 4.79 Å². The van der Waals surface area contributed by atoms with Crippen molar-refractivity contribution in [3.05, 3.63) is 16.1 Å². The summed E-state index contributed by atoms with van der Waals surface area (Å²) in [5.74, 6) is 0.862. The van der Waals surface area contributed by atoms with Crippen molar-refractivity contribution in [2.45, 2.75) is 37.7 Å². The smallest absolute Gasteiger partial charge is 0.224 e.